The van der Waals surface area contributed by atoms with E-state index >= 15 is 0 Å². The summed E-state index contributed by atoms with van der Waals surface area (Å²) in [5.74, 6) is 0.231. The first-order chi connectivity index (χ1) is 8.24. The lowest BCUT2D eigenvalue weighted by Gasteiger charge is -2.09. The second-order valence-corrected chi connectivity index (χ2v) is 4.29. The molecule has 0 amide bonds. The SMILES string of the molecule is COC(OC)c1csc(-c2cccc(O)c2)n1. The van der Waals surface area contributed by atoms with E-state index in [1.807, 2.05) is 11.4 Å². The molecule has 1 N–H and O–H groups in total. The number of hydrogen-bond acceptors (Lipinski definition) is 5. The number of nitrogens with zero attached hydrogens (tertiary/aromatic N) is 1. The molecule has 0 aliphatic heterocycles. The molecule has 0 atom stereocenters. The summed E-state index contributed by atoms with van der Waals surface area (Å²) < 4.78 is 10.3. The summed E-state index contributed by atoms with van der Waals surface area (Å²) in [6, 6.07) is 7.00. The quantitative estimate of drug-likeness (QED) is 0.849. The van der Waals surface area contributed by atoms with E-state index in [1.54, 1.807) is 32.4 Å². The van der Waals surface area contributed by atoms with Crippen molar-refractivity contribution < 1.29 is 14.6 Å². The Labute approximate surface area is 103 Å². The maximum absolute atomic E-state index is 9.41. The normalized spacial score (nSPS) is 11.0. The average Bonchev–Trinajstić information content (AvgIpc) is 2.80. The molecule has 5 heteroatoms. The highest BCUT2D eigenvalue weighted by Crippen LogP contribution is 2.29. The van der Waals surface area contributed by atoms with E-state index in [4.69, 9.17) is 9.47 Å². The van der Waals surface area contributed by atoms with Crippen molar-refractivity contribution in [3.63, 3.8) is 0 Å². The molecule has 1 heterocycles. The van der Waals surface area contributed by atoms with Gasteiger partial charge in [-0.05, 0) is 12.1 Å². The predicted molar refractivity (Wildman–Crippen MR) is 66.0 cm³/mol. The Morgan fingerprint density at radius 2 is 2.06 bits per heavy atom. The number of phenolic OH excluding ortho intramolecular Hbond substituents is 1. The molecular formula is C12H13NO3S. The van der Waals surface area contributed by atoms with Crippen LogP contribution in [0.15, 0.2) is 29.6 Å². The van der Waals surface area contributed by atoms with Crippen LogP contribution < -0.4 is 0 Å². The Kier molecular flexibility index (Phi) is 3.73. The average molecular weight is 251 g/mol. The Balaban J connectivity index is 2.29. The topological polar surface area (TPSA) is 51.6 Å². The molecule has 0 saturated heterocycles. The van der Waals surface area contributed by atoms with Crippen molar-refractivity contribution >= 4 is 11.3 Å². The van der Waals surface area contributed by atoms with E-state index in [2.05, 4.69) is 4.98 Å². The summed E-state index contributed by atoms with van der Waals surface area (Å²) in [6.07, 6.45) is -0.447. The van der Waals surface area contributed by atoms with Gasteiger partial charge in [0.2, 0.25) is 6.29 Å². The van der Waals surface area contributed by atoms with Gasteiger partial charge in [-0.3, -0.25) is 0 Å². The molecule has 4 nitrogen and oxygen atoms in total. The van der Waals surface area contributed by atoms with Crippen LogP contribution in [-0.2, 0) is 9.47 Å². The van der Waals surface area contributed by atoms with Gasteiger partial charge < -0.3 is 14.6 Å². The first-order valence-corrected chi connectivity index (χ1v) is 5.93. The predicted octanol–water partition coefficient (Wildman–Crippen LogP) is 2.81. The molecule has 0 unspecified atom stereocenters. The van der Waals surface area contributed by atoms with Gasteiger partial charge in [0.1, 0.15) is 16.5 Å². The van der Waals surface area contributed by atoms with Gasteiger partial charge in [0.25, 0.3) is 0 Å². The van der Waals surface area contributed by atoms with Gasteiger partial charge in [0.05, 0.1) is 0 Å². The molecule has 2 rings (SSSR count). The molecule has 2 aromatic rings. The highest BCUT2D eigenvalue weighted by Gasteiger charge is 2.14. The Bertz CT molecular complexity index is 494. The molecule has 0 spiro atoms. The number of methoxy groups -OCH3 is 2. The van der Waals surface area contributed by atoms with Crippen molar-refractivity contribution in [3.8, 4) is 16.3 Å². The summed E-state index contributed by atoms with van der Waals surface area (Å²) in [4.78, 5) is 4.42. The second-order valence-electron chi connectivity index (χ2n) is 3.43. The van der Waals surface area contributed by atoms with Crippen molar-refractivity contribution in [2.75, 3.05) is 14.2 Å². The first kappa shape index (κ1) is 12.0. The van der Waals surface area contributed by atoms with Gasteiger partial charge in [-0.25, -0.2) is 4.98 Å². The standard InChI is InChI=1S/C12H13NO3S/c1-15-12(16-2)10-7-17-11(13-10)8-4-3-5-9(14)6-8/h3-7,12,14H,1-2H3. The third-order valence-electron chi connectivity index (χ3n) is 2.28. The fraction of sp³-hybridized carbons (Fsp3) is 0.250. The Morgan fingerprint density at radius 1 is 1.29 bits per heavy atom. The third-order valence-corrected chi connectivity index (χ3v) is 3.19. The van der Waals surface area contributed by atoms with Crippen LogP contribution in [0.3, 0.4) is 0 Å². The molecule has 0 fully saturated rings. The summed E-state index contributed by atoms with van der Waals surface area (Å²) in [6.45, 7) is 0. The van der Waals surface area contributed by atoms with E-state index in [-0.39, 0.29) is 5.75 Å². The van der Waals surface area contributed by atoms with Crippen LogP contribution >= 0.6 is 11.3 Å². The monoisotopic (exact) mass is 251 g/mol. The van der Waals surface area contributed by atoms with E-state index in [0.29, 0.717) is 0 Å². The molecule has 1 aromatic heterocycles. The lowest BCUT2D eigenvalue weighted by Crippen LogP contribution is -2.03. The zero-order valence-electron chi connectivity index (χ0n) is 9.58. The molecule has 0 saturated carbocycles. The molecule has 0 bridgehead atoms. The molecule has 0 aliphatic rings. The van der Waals surface area contributed by atoms with Crippen LogP contribution in [0.4, 0.5) is 0 Å². The zero-order chi connectivity index (χ0) is 12.3. The van der Waals surface area contributed by atoms with Crippen LogP contribution in [0, 0.1) is 0 Å². The van der Waals surface area contributed by atoms with Gasteiger partial charge in [-0.1, -0.05) is 12.1 Å². The third kappa shape index (κ3) is 2.63. The molecule has 17 heavy (non-hydrogen) atoms. The summed E-state index contributed by atoms with van der Waals surface area (Å²) in [5, 5.41) is 12.1. The van der Waals surface area contributed by atoms with Crippen LogP contribution in [0.1, 0.15) is 12.0 Å². The number of aromatic nitrogens is 1. The smallest absolute Gasteiger partial charge is 0.201 e. The lowest BCUT2D eigenvalue weighted by atomic mass is 10.2. The number of benzene rings is 1. The lowest BCUT2D eigenvalue weighted by molar-refractivity contribution is -0.108. The molecule has 0 radical (unpaired) electrons. The van der Waals surface area contributed by atoms with Gasteiger partial charge >= 0.3 is 0 Å². The van der Waals surface area contributed by atoms with Gasteiger partial charge in [0, 0.05) is 25.2 Å². The van der Waals surface area contributed by atoms with Crippen molar-refractivity contribution in [1.82, 2.24) is 4.98 Å². The zero-order valence-corrected chi connectivity index (χ0v) is 10.4. The minimum absolute atomic E-state index is 0.231. The number of hydrogen-bond donors (Lipinski definition) is 1. The van der Waals surface area contributed by atoms with Crippen LogP contribution in [0.5, 0.6) is 5.75 Å². The van der Waals surface area contributed by atoms with Crippen LogP contribution in [-0.4, -0.2) is 24.3 Å². The largest absolute Gasteiger partial charge is 0.508 e. The highest BCUT2D eigenvalue weighted by molar-refractivity contribution is 7.13. The second kappa shape index (κ2) is 5.27. The molecular weight excluding hydrogens is 238 g/mol. The minimum atomic E-state index is -0.447. The van der Waals surface area contributed by atoms with Gasteiger partial charge in [0.15, 0.2) is 0 Å². The highest BCUT2D eigenvalue weighted by atomic mass is 32.1. The fourth-order valence-corrected chi connectivity index (χ4v) is 2.32. The molecule has 1 aromatic carbocycles. The number of aromatic hydroxyl groups is 1. The van der Waals surface area contributed by atoms with Gasteiger partial charge in [-0.15, -0.1) is 11.3 Å². The summed E-state index contributed by atoms with van der Waals surface area (Å²) >= 11 is 1.49. The van der Waals surface area contributed by atoms with Crippen molar-refractivity contribution in [2.45, 2.75) is 6.29 Å². The molecule has 0 aliphatic carbocycles. The Hall–Kier alpha value is -1.43. The maximum Gasteiger partial charge on any atom is 0.201 e. The van der Waals surface area contributed by atoms with Crippen molar-refractivity contribution in [2.24, 2.45) is 0 Å². The fourth-order valence-electron chi connectivity index (χ4n) is 1.50. The summed E-state index contributed by atoms with van der Waals surface area (Å²) in [7, 11) is 3.14. The number of phenols is 1. The van der Waals surface area contributed by atoms with E-state index in [0.717, 1.165) is 16.3 Å². The number of rotatable bonds is 4. The first-order valence-electron chi connectivity index (χ1n) is 5.05. The van der Waals surface area contributed by atoms with Crippen LogP contribution in [0.25, 0.3) is 10.6 Å². The Morgan fingerprint density at radius 3 is 2.71 bits per heavy atom. The van der Waals surface area contributed by atoms with E-state index < -0.39 is 6.29 Å². The summed E-state index contributed by atoms with van der Waals surface area (Å²) in [5.41, 5.74) is 1.62. The number of thiazole rings is 1. The van der Waals surface area contributed by atoms with E-state index in [1.165, 1.54) is 11.3 Å². The van der Waals surface area contributed by atoms with Crippen molar-refractivity contribution in [1.29, 1.82) is 0 Å². The van der Waals surface area contributed by atoms with Crippen LogP contribution in [0.2, 0.25) is 0 Å². The number of ether oxygens (including phenoxy) is 2. The maximum atomic E-state index is 9.41. The minimum Gasteiger partial charge on any atom is -0.508 e. The van der Waals surface area contributed by atoms with Gasteiger partial charge in [-0.2, -0.15) is 0 Å². The van der Waals surface area contributed by atoms with E-state index in [9.17, 15) is 5.11 Å². The molecule has 90 valence electrons. The van der Waals surface area contributed by atoms with Crippen molar-refractivity contribution in [3.05, 3.63) is 35.3 Å².